The standard InChI is InChI=1S/C22H35N3O2.HI/c1-4-15-27-20-11-7-6-10-19(20)17-24-21(23-3)25-18-22(12-8-9-13-22)14-16-26-5-2;/h4,6-7,10-11H,1,5,8-9,12-18H2,2-3H3,(H2,23,24,25);1H. The van der Waals surface area contributed by atoms with Crippen LogP contribution in [0.1, 0.15) is 44.6 Å². The first-order chi connectivity index (χ1) is 13.2. The Morgan fingerprint density at radius 1 is 1.25 bits per heavy atom. The summed E-state index contributed by atoms with van der Waals surface area (Å²) in [5, 5.41) is 6.95. The van der Waals surface area contributed by atoms with Gasteiger partial charge in [-0.3, -0.25) is 4.99 Å². The van der Waals surface area contributed by atoms with E-state index < -0.39 is 0 Å². The monoisotopic (exact) mass is 501 g/mol. The summed E-state index contributed by atoms with van der Waals surface area (Å²) >= 11 is 0. The molecule has 0 unspecified atom stereocenters. The second kappa shape index (κ2) is 13.8. The van der Waals surface area contributed by atoms with Crippen LogP contribution in [0.4, 0.5) is 0 Å². The van der Waals surface area contributed by atoms with Gasteiger partial charge in [0.05, 0.1) is 0 Å². The summed E-state index contributed by atoms with van der Waals surface area (Å²) in [5.74, 6) is 1.71. The Labute approximate surface area is 187 Å². The molecule has 0 aromatic heterocycles. The molecule has 158 valence electrons. The summed E-state index contributed by atoms with van der Waals surface area (Å²) in [6.45, 7) is 9.51. The number of benzene rings is 1. The predicted molar refractivity (Wildman–Crippen MR) is 128 cm³/mol. The fourth-order valence-corrected chi connectivity index (χ4v) is 3.68. The van der Waals surface area contributed by atoms with Gasteiger partial charge in [0.1, 0.15) is 12.4 Å². The first-order valence-corrected chi connectivity index (χ1v) is 10.1. The van der Waals surface area contributed by atoms with Gasteiger partial charge in [0.25, 0.3) is 0 Å². The molecule has 1 saturated carbocycles. The predicted octanol–water partition coefficient (Wildman–Crippen LogP) is 4.52. The molecule has 1 aliphatic carbocycles. The second-order valence-electron chi connectivity index (χ2n) is 7.14. The van der Waals surface area contributed by atoms with E-state index in [2.05, 4.69) is 35.2 Å². The van der Waals surface area contributed by atoms with Crippen LogP contribution in [0.15, 0.2) is 41.9 Å². The van der Waals surface area contributed by atoms with Crippen molar-refractivity contribution in [1.29, 1.82) is 0 Å². The number of hydrogen-bond donors (Lipinski definition) is 2. The van der Waals surface area contributed by atoms with Gasteiger partial charge in [-0.1, -0.05) is 43.7 Å². The molecule has 0 saturated heterocycles. The highest BCUT2D eigenvalue weighted by molar-refractivity contribution is 14.0. The Morgan fingerprint density at radius 2 is 2.00 bits per heavy atom. The van der Waals surface area contributed by atoms with Gasteiger partial charge in [-0.15, -0.1) is 24.0 Å². The number of halogens is 1. The molecule has 0 atom stereocenters. The zero-order chi connectivity index (χ0) is 19.4. The van der Waals surface area contributed by atoms with E-state index in [0.717, 1.165) is 43.5 Å². The van der Waals surface area contributed by atoms with Crippen molar-refractivity contribution in [2.75, 3.05) is 33.4 Å². The zero-order valence-electron chi connectivity index (χ0n) is 17.3. The number of nitrogens with one attached hydrogen (secondary N) is 2. The highest BCUT2D eigenvalue weighted by atomic mass is 127. The van der Waals surface area contributed by atoms with Gasteiger partial charge in [-0.2, -0.15) is 0 Å². The lowest BCUT2D eigenvalue weighted by molar-refractivity contribution is 0.105. The molecule has 0 amide bonds. The van der Waals surface area contributed by atoms with E-state index in [1.165, 1.54) is 25.7 Å². The molecule has 0 bridgehead atoms. The minimum Gasteiger partial charge on any atom is -0.489 e. The number of para-hydroxylation sites is 1. The number of hydrogen-bond acceptors (Lipinski definition) is 3. The summed E-state index contributed by atoms with van der Waals surface area (Å²) in [4.78, 5) is 4.39. The van der Waals surface area contributed by atoms with E-state index in [4.69, 9.17) is 9.47 Å². The third-order valence-electron chi connectivity index (χ3n) is 5.28. The Bertz CT molecular complexity index is 601. The maximum Gasteiger partial charge on any atom is 0.191 e. The molecule has 2 rings (SSSR count). The van der Waals surface area contributed by atoms with Gasteiger partial charge in [0, 0.05) is 38.9 Å². The Hall–Kier alpha value is -1.28. The summed E-state index contributed by atoms with van der Waals surface area (Å²) in [5.41, 5.74) is 1.44. The molecule has 6 heteroatoms. The van der Waals surface area contributed by atoms with Crippen molar-refractivity contribution in [3.05, 3.63) is 42.5 Å². The first-order valence-electron chi connectivity index (χ1n) is 10.1. The molecule has 5 nitrogen and oxygen atoms in total. The molecule has 0 spiro atoms. The maximum atomic E-state index is 5.73. The Balaban J connectivity index is 0.00000392. The Kier molecular flexibility index (Phi) is 12.2. The molecule has 2 N–H and O–H groups in total. The molecular weight excluding hydrogens is 465 g/mol. The number of aliphatic imine (C=N–C) groups is 1. The highest BCUT2D eigenvalue weighted by Crippen LogP contribution is 2.40. The van der Waals surface area contributed by atoms with Crippen molar-refractivity contribution < 1.29 is 9.47 Å². The smallest absolute Gasteiger partial charge is 0.191 e. The van der Waals surface area contributed by atoms with Crippen molar-refractivity contribution in [2.24, 2.45) is 10.4 Å². The maximum absolute atomic E-state index is 5.73. The minimum absolute atomic E-state index is 0. The SMILES string of the molecule is C=CCOc1ccccc1CNC(=NC)NCC1(CCOCC)CCCC1.I. The Morgan fingerprint density at radius 3 is 2.68 bits per heavy atom. The third kappa shape index (κ3) is 7.99. The van der Waals surface area contributed by atoms with Crippen LogP contribution in [0.25, 0.3) is 0 Å². The van der Waals surface area contributed by atoms with E-state index in [1.807, 2.05) is 25.2 Å². The molecular formula is C22H36IN3O2. The topological polar surface area (TPSA) is 54.9 Å². The van der Waals surface area contributed by atoms with Crippen molar-refractivity contribution in [1.82, 2.24) is 10.6 Å². The van der Waals surface area contributed by atoms with Crippen LogP contribution in [-0.2, 0) is 11.3 Å². The second-order valence-corrected chi connectivity index (χ2v) is 7.14. The van der Waals surface area contributed by atoms with E-state index in [9.17, 15) is 0 Å². The summed E-state index contributed by atoms with van der Waals surface area (Å²) < 4.78 is 11.3. The van der Waals surface area contributed by atoms with E-state index >= 15 is 0 Å². The van der Waals surface area contributed by atoms with Crippen molar-refractivity contribution >= 4 is 29.9 Å². The first kappa shape index (κ1) is 24.8. The fraction of sp³-hybridized carbons (Fsp3) is 0.591. The molecule has 1 fully saturated rings. The third-order valence-corrected chi connectivity index (χ3v) is 5.28. The van der Waals surface area contributed by atoms with Crippen molar-refractivity contribution in [2.45, 2.75) is 45.6 Å². The van der Waals surface area contributed by atoms with Gasteiger partial charge >= 0.3 is 0 Å². The van der Waals surface area contributed by atoms with Gasteiger partial charge < -0.3 is 20.1 Å². The highest BCUT2D eigenvalue weighted by Gasteiger charge is 2.33. The molecule has 28 heavy (non-hydrogen) atoms. The van der Waals surface area contributed by atoms with Gasteiger partial charge in [0.2, 0.25) is 0 Å². The molecule has 0 heterocycles. The number of guanidine groups is 1. The van der Waals surface area contributed by atoms with Crippen LogP contribution < -0.4 is 15.4 Å². The molecule has 1 aromatic rings. The van der Waals surface area contributed by atoms with Crippen molar-refractivity contribution in [3.63, 3.8) is 0 Å². The molecule has 0 aliphatic heterocycles. The summed E-state index contributed by atoms with van der Waals surface area (Å²) in [6, 6.07) is 8.06. The average molecular weight is 501 g/mol. The average Bonchev–Trinajstić information content (AvgIpc) is 3.16. The largest absolute Gasteiger partial charge is 0.489 e. The van der Waals surface area contributed by atoms with Crippen LogP contribution >= 0.6 is 24.0 Å². The number of rotatable bonds is 11. The quantitative estimate of drug-likeness (QED) is 0.154. The van der Waals surface area contributed by atoms with Crippen LogP contribution in [0, 0.1) is 5.41 Å². The van der Waals surface area contributed by atoms with Crippen LogP contribution in [-0.4, -0.2) is 39.4 Å². The van der Waals surface area contributed by atoms with Gasteiger partial charge in [0.15, 0.2) is 5.96 Å². The molecule has 1 aromatic carbocycles. The van der Waals surface area contributed by atoms with Crippen LogP contribution in [0.5, 0.6) is 5.75 Å². The van der Waals surface area contributed by atoms with E-state index in [0.29, 0.717) is 18.6 Å². The van der Waals surface area contributed by atoms with Crippen LogP contribution in [0.3, 0.4) is 0 Å². The normalized spacial score (nSPS) is 15.6. The van der Waals surface area contributed by atoms with Gasteiger partial charge in [-0.25, -0.2) is 0 Å². The minimum atomic E-state index is 0. The number of ether oxygens (including phenoxy) is 2. The lowest BCUT2D eigenvalue weighted by Gasteiger charge is -2.30. The zero-order valence-corrected chi connectivity index (χ0v) is 19.7. The van der Waals surface area contributed by atoms with Crippen LogP contribution in [0.2, 0.25) is 0 Å². The lowest BCUT2D eigenvalue weighted by atomic mass is 9.83. The lowest BCUT2D eigenvalue weighted by Crippen LogP contribution is -2.43. The number of nitrogens with zero attached hydrogens (tertiary/aromatic N) is 1. The van der Waals surface area contributed by atoms with E-state index in [-0.39, 0.29) is 24.0 Å². The van der Waals surface area contributed by atoms with Crippen molar-refractivity contribution in [3.8, 4) is 5.75 Å². The van der Waals surface area contributed by atoms with Gasteiger partial charge in [-0.05, 0) is 37.7 Å². The fourth-order valence-electron chi connectivity index (χ4n) is 3.68. The molecule has 1 aliphatic rings. The summed E-state index contributed by atoms with van der Waals surface area (Å²) in [6.07, 6.45) is 8.03. The van der Waals surface area contributed by atoms with E-state index in [1.54, 1.807) is 6.08 Å². The summed E-state index contributed by atoms with van der Waals surface area (Å²) in [7, 11) is 1.82. The molecule has 0 radical (unpaired) electrons.